The molecule has 2 aromatic carbocycles. The van der Waals surface area contributed by atoms with Crippen molar-refractivity contribution in [3.63, 3.8) is 0 Å². The lowest BCUT2D eigenvalue weighted by atomic mass is 10.0. The third kappa shape index (κ3) is 4.25. The number of aromatic nitrogens is 1. The van der Waals surface area contributed by atoms with E-state index >= 15 is 0 Å². The number of benzene rings is 2. The highest BCUT2D eigenvalue weighted by molar-refractivity contribution is 7.16. The smallest absolute Gasteiger partial charge is 0.230 e. The van der Waals surface area contributed by atoms with Gasteiger partial charge in [0, 0.05) is 33.7 Å². The Morgan fingerprint density at radius 1 is 1.21 bits per heavy atom. The van der Waals surface area contributed by atoms with Crippen LogP contribution in [0.1, 0.15) is 35.8 Å². The number of fused-ring (bicyclic) bond motifs is 1. The Hall–Kier alpha value is -3.19. The summed E-state index contributed by atoms with van der Waals surface area (Å²) in [7, 11) is 1.60. The minimum Gasteiger partial charge on any atom is -0.496 e. The number of thiazole rings is 1. The van der Waals surface area contributed by atoms with E-state index in [9.17, 15) is 9.59 Å². The van der Waals surface area contributed by atoms with Gasteiger partial charge < -0.3 is 15.0 Å². The van der Waals surface area contributed by atoms with Crippen LogP contribution in [-0.4, -0.2) is 29.9 Å². The molecule has 1 saturated carbocycles. The van der Waals surface area contributed by atoms with Crippen molar-refractivity contribution in [2.45, 2.75) is 45.6 Å². The number of hydrogen-bond donors (Lipinski definition) is 1. The second kappa shape index (κ2) is 8.63. The van der Waals surface area contributed by atoms with E-state index in [-0.39, 0.29) is 30.2 Å². The number of aryl methyl sites for hydroxylation is 1. The molecular weight excluding hydrogens is 434 g/mol. The fourth-order valence-electron chi connectivity index (χ4n) is 4.54. The fraction of sp³-hybridized carbons (Fsp3) is 0.346. The summed E-state index contributed by atoms with van der Waals surface area (Å²) < 4.78 is 5.34. The standard InChI is InChI=1S/C26H27N3O3S/c1-15-12-20-13-19(10-11-21(20)29(15)25(31)17-8-9-17)24-16(2)33-26(28-24)27-23(30)14-18-6-4-5-7-22(18)32-3/h4-7,10-11,13,15,17H,8-9,12,14H2,1-3H3,(H,27,28,30)/t15-/m0/s1. The van der Waals surface area contributed by atoms with Gasteiger partial charge >= 0.3 is 0 Å². The van der Waals surface area contributed by atoms with Gasteiger partial charge in [0.25, 0.3) is 0 Å². The van der Waals surface area contributed by atoms with Gasteiger partial charge in [-0.3, -0.25) is 9.59 Å². The summed E-state index contributed by atoms with van der Waals surface area (Å²) in [5.74, 6) is 1.04. The van der Waals surface area contributed by atoms with E-state index in [1.54, 1.807) is 7.11 Å². The first kappa shape index (κ1) is 21.6. The Morgan fingerprint density at radius 2 is 2.00 bits per heavy atom. The maximum Gasteiger partial charge on any atom is 0.230 e. The lowest BCUT2D eigenvalue weighted by molar-refractivity contribution is -0.120. The van der Waals surface area contributed by atoms with E-state index in [2.05, 4.69) is 18.3 Å². The summed E-state index contributed by atoms with van der Waals surface area (Å²) in [6.45, 7) is 4.13. The van der Waals surface area contributed by atoms with Crippen LogP contribution in [0, 0.1) is 12.8 Å². The molecule has 1 aromatic heterocycles. The van der Waals surface area contributed by atoms with Gasteiger partial charge in [-0.25, -0.2) is 4.98 Å². The van der Waals surface area contributed by atoms with Crippen LogP contribution in [-0.2, 0) is 22.4 Å². The molecule has 2 amide bonds. The topological polar surface area (TPSA) is 71.5 Å². The number of carbonyl (C=O) groups is 2. The number of nitrogens with one attached hydrogen (secondary N) is 1. The van der Waals surface area contributed by atoms with Crippen LogP contribution < -0.4 is 15.0 Å². The maximum atomic E-state index is 12.7. The summed E-state index contributed by atoms with van der Waals surface area (Å²) in [6, 6.07) is 13.9. The molecule has 1 N–H and O–H groups in total. The van der Waals surface area contributed by atoms with Gasteiger partial charge in [-0.15, -0.1) is 11.3 Å². The number of rotatable bonds is 6. The molecule has 2 aliphatic rings. The Bertz CT molecular complexity index is 1230. The molecule has 0 bridgehead atoms. The quantitative estimate of drug-likeness (QED) is 0.561. The SMILES string of the molecule is COc1ccccc1CC(=O)Nc1nc(-c2ccc3c(c2)C[C@H](C)N3C(=O)C2CC2)c(C)s1. The molecule has 6 nitrogen and oxygen atoms in total. The third-order valence-electron chi connectivity index (χ3n) is 6.32. The van der Waals surface area contributed by atoms with E-state index < -0.39 is 0 Å². The number of nitrogens with zero attached hydrogens (tertiary/aromatic N) is 2. The molecule has 170 valence electrons. The number of hydrogen-bond acceptors (Lipinski definition) is 5. The zero-order valence-electron chi connectivity index (χ0n) is 19.1. The predicted molar refractivity (Wildman–Crippen MR) is 131 cm³/mol. The molecule has 7 heteroatoms. The fourth-order valence-corrected chi connectivity index (χ4v) is 5.40. The van der Waals surface area contributed by atoms with Crippen LogP contribution in [0.15, 0.2) is 42.5 Å². The molecule has 2 heterocycles. The first-order chi connectivity index (χ1) is 15.9. The number of carbonyl (C=O) groups excluding carboxylic acids is 2. The minimum atomic E-state index is -0.128. The van der Waals surface area contributed by atoms with E-state index in [1.807, 2.05) is 48.2 Å². The Labute approximate surface area is 197 Å². The molecule has 1 aliphatic carbocycles. The second-order valence-electron chi connectivity index (χ2n) is 8.84. The van der Waals surface area contributed by atoms with Gasteiger partial charge in [-0.2, -0.15) is 0 Å². The van der Waals surface area contributed by atoms with Crippen molar-refractivity contribution in [2.75, 3.05) is 17.3 Å². The van der Waals surface area contributed by atoms with Crippen LogP contribution in [0.2, 0.25) is 0 Å². The molecule has 0 unspecified atom stereocenters. The van der Waals surface area contributed by atoms with Gasteiger partial charge in [0.1, 0.15) is 5.75 Å². The summed E-state index contributed by atoms with van der Waals surface area (Å²) in [6.07, 6.45) is 3.10. The zero-order valence-corrected chi connectivity index (χ0v) is 19.9. The van der Waals surface area contributed by atoms with Gasteiger partial charge in [0.15, 0.2) is 5.13 Å². The van der Waals surface area contributed by atoms with E-state index in [0.29, 0.717) is 10.9 Å². The molecule has 0 spiro atoms. The van der Waals surface area contributed by atoms with Gasteiger partial charge in [0.2, 0.25) is 11.8 Å². The Morgan fingerprint density at radius 3 is 2.76 bits per heavy atom. The van der Waals surface area contributed by atoms with Crippen LogP contribution >= 0.6 is 11.3 Å². The van der Waals surface area contributed by atoms with Crippen molar-refractivity contribution in [3.8, 4) is 17.0 Å². The molecule has 1 atom stereocenters. The molecule has 0 saturated heterocycles. The zero-order chi connectivity index (χ0) is 23.1. The number of anilines is 2. The highest BCUT2D eigenvalue weighted by Crippen LogP contribution is 2.41. The highest BCUT2D eigenvalue weighted by Gasteiger charge is 2.39. The molecule has 5 rings (SSSR count). The largest absolute Gasteiger partial charge is 0.496 e. The molecule has 1 aliphatic heterocycles. The van der Waals surface area contributed by atoms with Crippen molar-refractivity contribution in [3.05, 3.63) is 58.5 Å². The summed E-state index contributed by atoms with van der Waals surface area (Å²) in [4.78, 5) is 33.1. The van der Waals surface area contributed by atoms with Crippen LogP contribution in [0.25, 0.3) is 11.3 Å². The van der Waals surface area contributed by atoms with E-state index in [0.717, 1.165) is 46.6 Å². The summed E-state index contributed by atoms with van der Waals surface area (Å²) in [5, 5.41) is 3.52. The molecular formula is C26H27N3O3S. The number of para-hydroxylation sites is 1. The highest BCUT2D eigenvalue weighted by atomic mass is 32.1. The predicted octanol–water partition coefficient (Wildman–Crippen LogP) is 5.00. The average molecular weight is 462 g/mol. The van der Waals surface area contributed by atoms with Crippen molar-refractivity contribution >= 4 is 34.0 Å². The van der Waals surface area contributed by atoms with Gasteiger partial charge in [0.05, 0.1) is 19.2 Å². The van der Waals surface area contributed by atoms with Crippen molar-refractivity contribution in [1.82, 2.24) is 4.98 Å². The monoisotopic (exact) mass is 461 g/mol. The van der Waals surface area contributed by atoms with Gasteiger partial charge in [-0.05, 0) is 56.9 Å². The molecule has 1 fully saturated rings. The maximum absolute atomic E-state index is 12.7. The van der Waals surface area contributed by atoms with Crippen molar-refractivity contribution in [2.24, 2.45) is 5.92 Å². The minimum absolute atomic E-state index is 0.128. The van der Waals surface area contributed by atoms with Crippen molar-refractivity contribution < 1.29 is 14.3 Å². The van der Waals surface area contributed by atoms with Crippen LogP contribution in [0.5, 0.6) is 5.75 Å². The lowest BCUT2D eigenvalue weighted by Gasteiger charge is -2.22. The van der Waals surface area contributed by atoms with Gasteiger partial charge in [-0.1, -0.05) is 24.3 Å². The molecule has 33 heavy (non-hydrogen) atoms. The normalized spacial score (nSPS) is 17.1. The summed E-state index contributed by atoms with van der Waals surface area (Å²) in [5.41, 5.74) is 4.93. The number of amides is 2. The Kier molecular flexibility index (Phi) is 5.66. The number of ether oxygens (including phenoxy) is 1. The van der Waals surface area contributed by atoms with E-state index in [1.165, 1.54) is 16.9 Å². The first-order valence-electron chi connectivity index (χ1n) is 11.3. The first-order valence-corrected chi connectivity index (χ1v) is 12.1. The Balaban J connectivity index is 1.33. The molecule has 3 aromatic rings. The van der Waals surface area contributed by atoms with Crippen LogP contribution in [0.3, 0.4) is 0 Å². The van der Waals surface area contributed by atoms with Crippen molar-refractivity contribution in [1.29, 1.82) is 0 Å². The number of methoxy groups -OCH3 is 1. The summed E-state index contributed by atoms with van der Waals surface area (Å²) >= 11 is 1.47. The molecule has 0 radical (unpaired) electrons. The van der Waals surface area contributed by atoms with E-state index in [4.69, 9.17) is 9.72 Å². The van der Waals surface area contributed by atoms with Crippen LogP contribution in [0.4, 0.5) is 10.8 Å². The third-order valence-corrected chi connectivity index (χ3v) is 7.21. The second-order valence-corrected chi connectivity index (χ2v) is 10.0. The average Bonchev–Trinajstić information content (AvgIpc) is 3.51. The lowest BCUT2D eigenvalue weighted by Crippen LogP contribution is -2.36.